The van der Waals surface area contributed by atoms with Gasteiger partial charge in [-0.2, -0.15) is 11.8 Å². The van der Waals surface area contributed by atoms with Crippen LogP contribution in [0.15, 0.2) is 42.5 Å². The number of nitrogens with one attached hydrogen (secondary N) is 1. The molecular weight excluding hydrogens is 471 g/mol. The molecule has 3 rings (SSSR count). The molecule has 1 aliphatic carbocycles. The fraction of sp³-hybridized carbons (Fsp3) is 0.533. The smallest absolute Gasteiger partial charge is 0.252 e. The van der Waals surface area contributed by atoms with Gasteiger partial charge in [-0.25, -0.2) is 4.39 Å². The van der Waals surface area contributed by atoms with Crippen molar-refractivity contribution in [2.45, 2.75) is 64.5 Å². The Morgan fingerprint density at radius 1 is 1.14 bits per heavy atom. The second-order valence-corrected chi connectivity index (χ2v) is 10.9. The second kappa shape index (κ2) is 15.2. The average molecular weight is 513 g/mol. The summed E-state index contributed by atoms with van der Waals surface area (Å²) in [6, 6.07) is 13.4. The number of hydrogen-bond donors (Lipinski definition) is 1. The second-order valence-electron chi connectivity index (χ2n) is 9.95. The highest BCUT2D eigenvalue weighted by Gasteiger charge is 2.20. The van der Waals surface area contributed by atoms with Crippen molar-refractivity contribution in [3.63, 3.8) is 0 Å². The Morgan fingerprint density at radius 3 is 2.61 bits per heavy atom. The number of amides is 1. The molecule has 0 aromatic heterocycles. The molecule has 1 N–H and O–H groups in total. The summed E-state index contributed by atoms with van der Waals surface area (Å²) in [4.78, 5) is 27.0. The molecule has 0 saturated heterocycles. The maximum atomic E-state index is 13.4. The van der Waals surface area contributed by atoms with Crippen LogP contribution in [0.2, 0.25) is 0 Å². The maximum Gasteiger partial charge on any atom is 0.252 e. The van der Waals surface area contributed by atoms with E-state index in [1.54, 1.807) is 11.8 Å². The fourth-order valence-corrected chi connectivity index (χ4v) is 5.63. The van der Waals surface area contributed by atoms with E-state index >= 15 is 0 Å². The van der Waals surface area contributed by atoms with Crippen molar-refractivity contribution in [2.75, 3.05) is 31.8 Å². The maximum absolute atomic E-state index is 13.4. The highest BCUT2D eigenvalue weighted by Crippen LogP contribution is 2.30. The van der Waals surface area contributed by atoms with Crippen LogP contribution in [0.5, 0.6) is 0 Å². The van der Waals surface area contributed by atoms with Gasteiger partial charge in [-0.3, -0.25) is 9.69 Å². The summed E-state index contributed by atoms with van der Waals surface area (Å²) in [5, 5.41) is 2.90. The monoisotopic (exact) mass is 512 g/mol. The first-order valence-corrected chi connectivity index (χ1v) is 14.7. The van der Waals surface area contributed by atoms with E-state index in [9.17, 15) is 14.0 Å². The lowest BCUT2D eigenvalue weighted by Crippen LogP contribution is -2.36. The Labute approximate surface area is 220 Å². The Kier molecular flexibility index (Phi) is 12.0. The van der Waals surface area contributed by atoms with Crippen molar-refractivity contribution in [3.05, 3.63) is 59.2 Å². The molecule has 0 bridgehead atoms. The van der Waals surface area contributed by atoms with Crippen LogP contribution in [-0.4, -0.2) is 54.9 Å². The third-order valence-electron chi connectivity index (χ3n) is 7.26. The number of hydrogen-bond acceptors (Lipinski definition) is 4. The molecule has 1 aliphatic rings. The van der Waals surface area contributed by atoms with Gasteiger partial charge >= 0.3 is 0 Å². The van der Waals surface area contributed by atoms with Crippen LogP contribution in [-0.2, 0) is 11.3 Å². The van der Waals surface area contributed by atoms with Gasteiger partial charge < -0.3 is 10.1 Å². The zero-order valence-corrected chi connectivity index (χ0v) is 22.6. The van der Waals surface area contributed by atoms with Crippen molar-refractivity contribution in [1.82, 2.24) is 10.2 Å². The van der Waals surface area contributed by atoms with Gasteiger partial charge in [0.05, 0.1) is 6.04 Å². The Balaban J connectivity index is 1.83. The highest BCUT2D eigenvalue weighted by molar-refractivity contribution is 7.98. The van der Waals surface area contributed by atoms with Gasteiger partial charge in [-0.15, -0.1) is 0 Å². The van der Waals surface area contributed by atoms with Gasteiger partial charge in [0.2, 0.25) is 0 Å². The quantitative estimate of drug-likeness (QED) is 0.295. The lowest BCUT2D eigenvalue weighted by molar-refractivity contribution is -0.109. The normalized spacial score (nSPS) is 15.1. The van der Waals surface area contributed by atoms with Gasteiger partial charge in [-0.05, 0) is 78.6 Å². The summed E-state index contributed by atoms with van der Waals surface area (Å²) in [6.45, 7) is 3.65. The molecular formula is C30H41FN2O2S. The standard InChI is InChI=1S/C30H41FN2O2S/c1-23-8-6-7-11-27(23)29-20-25(12-13-28(29)30(35)32-26(22-34)15-19-36-2)21-33(18-16-31)17-14-24-9-4-3-5-10-24/h6-8,11-13,20,22,24,26H,3-5,9-10,14-19,21H2,1-2H3,(H,32,35)/t26-/m0/s1. The van der Waals surface area contributed by atoms with E-state index in [1.807, 2.05) is 49.6 Å². The van der Waals surface area contributed by atoms with Crippen LogP contribution in [0.1, 0.15) is 66.4 Å². The number of carbonyl (C=O) groups excluding carboxylic acids is 2. The molecule has 0 spiro atoms. The molecule has 1 amide bonds. The molecule has 2 aromatic carbocycles. The molecule has 1 atom stereocenters. The van der Waals surface area contributed by atoms with Crippen molar-refractivity contribution >= 4 is 24.0 Å². The van der Waals surface area contributed by atoms with Crippen LogP contribution in [0.25, 0.3) is 11.1 Å². The van der Waals surface area contributed by atoms with E-state index < -0.39 is 6.04 Å². The average Bonchev–Trinajstić information content (AvgIpc) is 2.90. The predicted molar refractivity (Wildman–Crippen MR) is 149 cm³/mol. The minimum absolute atomic E-state index is 0.240. The lowest BCUT2D eigenvalue weighted by Gasteiger charge is -2.27. The third kappa shape index (κ3) is 8.45. The molecule has 0 radical (unpaired) electrons. The number of benzene rings is 2. The van der Waals surface area contributed by atoms with E-state index in [0.717, 1.165) is 53.2 Å². The Bertz CT molecular complexity index is 977. The summed E-state index contributed by atoms with van der Waals surface area (Å²) in [6.07, 6.45) is 11.1. The van der Waals surface area contributed by atoms with Crippen molar-refractivity contribution in [2.24, 2.45) is 5.92 Å². The first kappa shape index (κ1) is 28.4. The van der Waals surface area contributed by atoms with Crippen molar-refractivity contribution < 1.29 is 14.0 Å². The molecule has 0 unspecified atom stereocenters. The minimum Gasteiger partial charge on any atom is -0.342 e. The molecule has 4 nitrogen and oxygen atoms in total. The fourth-order valence-electron chi connectivity index (χ4n) is 5.14. The summed E-state index contributed by atoms with van der Waals surface area (Å²) < 4.78 is 13.4. The topological polar surface area (TPSA) is 49.4 Å². The number of aryl methyl sites for hydroxylation is 1. The van der Waals surface area contributed by atoms with Crippen LogP contribution in [0.3, 0.4) is 0 Å². The number of alkyl halides is 1. The third-order valence-corrected chi connectivity index (χ3v) is 7.91. The molecule has 0 aliphatic heterocycles. The van der Waals surface area contributed by atoms with Gasteiger partial charge in [0.25, 0.3) is 5.91 Å². The number of rotatable bonds is 14. The van der Waals surface area contributed by atoms with Crippen LogP contribution in [0, 0.1) is 12.8 Å². The first-order valence-electron chi connectivity index (χ1n) is 13.3. The molecule has 6 heteroatoms. The minimum atomic E-state index is -0.505. The van der Waals surface area contributed by atoms with Gasteiger partial charge in [-0.1, -0.05) is 62.4 Å². The van der Waals surface area contributed by atoms with Gasteiger partial charge in [0, 0.05) is 18.7 Å². The summed E-state index contributed by atoms with van der Waals surface area (Å²) in [5.41, 5.74) is 4.55. The van der Waals surface area contributed by atoms with Crippen molar-refractivity contribution in [3.8, 4) is 11.1 Å². The largest absolute Gasteiger partial charge is 0.342 e. The Morgan fingerprint density at radius 2 is 1.92 bits per heavy atom. The highest BCUT2D eigenvalue weighted by atomic mass is 32.2. The van der Waals surface area contributed by atoms with Gasteiger partial charge in [0.1, 0.15) is 13.0 Å². The zero-order chi connectivity index (χ0) is 25.8. The number of halogens is 1. The molecule has 36 heavy (non-hydrogen) atoms. The predicted octanol–water partition coefficient (Wildman–Crippen LogP) is 6.45. The van der Waals surface area contributed by atoms with E-state index in [2.05, 4.69) is 16.3 Å². The van der Waals surface area contributed by atoms with E-state index in [-0.39, 0.29) is 12.6 Å². The van der Waals surface area contributed by atoms with Crippen molar-refractivity contribution in [1.29, 1.82) is 0 Å². The molecule has 1 saturated carbocycles. The number of aldehydes is 1. The van der Waals surface area contributed by atoms with Crippen LogP contribution < -0.4 is 5.32 Å². The van der Waals surface area contributed by atoms with E-state index in [0.29, 0.717) is 25.1 Å². The van der Waals surface area contributed by atoms with Gasteiger partial charge in [0.15, 0.2) is 0 Å². The summed E-state index contributed by atoms with van der Waals surface area (Å²) >= 11 is 1.65. The Hall–Kier alpha value is -2.18. The van der Waals surface area contributed by atoms with Crippen LogP contribution in [0.4, 0.5) is 4.39 Å². The SMILES string of the molecule is CSCC[C@@H](C=O)NC(=O)c1ccc(CN(CCF)CCC2CCCCC2)cc1-c1ccccc1C. The first-order chi connectivity index (χ1) is 17.5. The lowest BCUT2D eigenvalue weighted by atomic mass is 9.87. The van der Waals surface area contributed by atoms with E-state index in [4.69, 9.17) is 0 Å². The number of carbonyl (C=O) groups is 2. The number of thioether (sulfide) groups is 1. The van der Waals surface area contributed by atoms with Crippen LogP contribution >= 0.6 is 11.8 Å². The molecule has 0 heterocycles. The molecule has 196 valence electrons. The summed E-state index contributed by atoms with van der Waals surface area (Å²) in [5.74, 6) is 1.32. The molecule has 2 aromatic rings. The zero-order valence-electron chi connectivity index (χ0n) is 21.8. The van der Waals surface area contributed by atoms with E-state index in [1.165, 1.54) is 32.1 Å². The molecule has 1 fully saturated rings. The number of nitrogens with zero attached hydrogens (tertiary/aromatic N) is 1. The summed E-state index contributed by atoms with van der Waals surface area (Å²) in [7, 11) is 0.